The SMILES string of the molecule is CC1(C)C[C@H](c2ccccc2)[C@H](c2ccccc2)[C@H](c2ccccc2)[C@H]1c1ccccc1. The van der Waals surface area contributed by atoms with Crippen molar-refractivity contribution >= 4 is 0 Å². The summed E-state index contributed by atoms with van der Waals surface area (Å²) in [7, 11) is 0. The molecule has 0 heterocycles. The predicted molar refractivity (Wildman–Crippen MR) is 135 cm³/mol. The monoisotopic (exact) mass is 416 g/mol. The molecule has 0 aliphatic heterocycles. The maximum Gasteiger partial charge on any atom is -0.00132 e. The average molecular weight is 417 g/mol. The second-order valence-corrected chi connectivity index (χ2v) is 9.97. The van der Waals surface area contributed by atoms with E-state index in [0.29, 0.717) is 23.7 Å². The lowest BCUT2D eigenvalue weighted by atomic mass is 9.51. The highest BCUT2D eigenvalue weighted by Gasteiger charge is 2.50. The molecule has 160 valence electrons. The minimum absolute atomic E-state index is 0.160. The molecule has 0 saturated heterocycles. The van der Waals surface area contributed by atoms with Crippen LogP contribution in [-0.2, 0) is 0 Å². The molecule has 1 aliphatic carbocycles. The second-order valence-electron chi connectivity index (χ2n) is 9.97. The van der Waals surface area contributed by atoms with Gasteiger partial charge in [0.2, 0.25) is 0 Å². The molecule has 4 atom stereocenters. The van der Waals surface area contributed by atoms with Crippen LogP contribution in [0.3, 0.4) is 0 Å². The van der Waals surface area contributed by atoms with Crippen molar-refractivity contribution in [3.05, 3.63) is 144 Å². The molecule has 1 fully saturated rings. The molecule has 0 heteroatoms. The highest BCUT2D eigenvalue weighted by molar-refractivity contribution is 5.41. The summed E-state index contributed by atoms with van der Waals surface area (Å²) in [6.45, 7) is 4.97. The van der Waals surface area contributed by atoms with E-state index in [4.69, 9.17) is 0 Å². The Kier molecular flexibility index (Phi) is 5.70. The van der Waals surface area contributed by atoms with Crippen molar-refractivity contribution in [3.63, 3.8) is 0 Å². The Balaban J connectivity index is 1.75. The summed E-state index contributed by atoms with van der Waals surface area (Å²) < 4.78 is 0. The maximum absolute atomic E-state index is 2.48. The lowest BCUT2D eigenvalue weighted by Gasteiger charge is -2.53. The van der Waals surface area contributed by atoms with E-state index in [1.165, 1.54) is 28.7 Å². The summed E-state index contributed by atoms with van der Waals surface area (Å²) in [6.07, 6.45) is 1.17. The first-order valence-electron chi connectivity index (χ1n) is 11.8. The number of rotatable bonds is 4. The Morgan fingerprint density at radius 2 is 0.844 bits per heavy atom. The average Bonchev–Trinajstić information content (AvgIpc) is 2.85. The molecule has 0 radical (unpaired) electrons. The maximum atomic E-state index is 2.48. The zero-order valence-corrected chi connectivity index (χ0v) is 19.1. The van der Waals surface area contributed by atoms with Crippen LogP contribution in [0, 0.1) is 5.41 Å². The molecule has 0 nitrogen and oxygen atoms in total. The van der Waals surface area contributed by atoms with Crippen LogP contribution >= 0.6 is 0 Å². The lowest BCUT2D eigenvalue weighted by Crippen LogP contribution is -2.40. The van der Waals surface area contributed by atoms with Crippen LogP contribution in [0.4, 0.5) is 0 Å². The van der Waals surface area contributed by atoms with Gasteiger partial charge in [-0.25, -0.2) is 0 Å². The first-order chi connectivity index (χ1) is 15.6. The molecular formula is C32H32. The number of benzene rings is 4. The van der Waals surface area contributed by atoms with Crippen LogP contribution in [0.2, 0.25) is 0 Å². The summed E-state index contributed by atoms with van der Waals surface area (Å²) in [5.74, 6) is 1.73. The molecule has 4 aromatic carbocycles. The van der Waals surface area contributed by atoms with Gasteiger partial charge in [0.05, 0.1) is 0 Å². The summed E-state index contributed by atoms with van der Waals surface area (Å²) in [4.78, 5) is 0. The van der Waals surface area contributed by atoms with Crippen LogP contribution < -0.4 is 0 Å². The summed E-state index contributed by atoms with van der Waals surface area (Å²) in [5, 5.41) is 0. The quantitative estimate of drug-likeness (QED) is 0.312. The first kappa shape index (κ1) is 20.8. The van der Waals surface area contributed by atoms with Crippen molar-refractivity contribution in [3.8, 4) is 0 Å². The number of hydrogen-bond donors (Lipinski definition) is 0. The molecule has 0 N–H and O–H groups in total. The minimum atomic E-state index is 0.160. The lowest BCUT2D eigenvalue weighted by molar-refractivity contribution is 0.132. The molecule has 1 aliphatic rings. The fraction of sp³-hybridized carbons (Fsp3) is 0.250. The predicted octanol–water partition coefficient (Wildman–Crippen LogP) is 8.55. The fourth-order valence-electron chi connectivity index (χ4n) is 6.30. The molecule has 0 bridgehead atoms. The fourth-order valence-corrected chi connectivity index (χ4v) is 6.30. The van der Waals surface area contributed by atoms with Gasteiger partial charge in [0.15, 0.2) is 0 Å². The van der Waals surface area contributed by atoms with Gasteiger partial charge in [0.25, 0.3) is 0 Å². The van der Waals surface area contributed by atoms with E-state index in [1.807, 2.05) is 0 Å². The third-order valence-corrected chi connectivity index (χ3v) is 7.52. The van der Waals surface area contributed by atoms with Crippen molar-refractivity contribution < 1.29 is 0 Å². The smallest absolute Gasteiger partial charge is 0.00132 e. The van der Waals surface area contributed by atoms with Gasteiger partial charge in [-0.15, -0.1) is 0 Å². The third kappa shape index (κ3) is 3.91. The molecule has 0 spiro atoms. The van der Waals surface area contributed by atoms with E-state index >= 15 is 0 Å². The van der Waals surface area contributed by atoms with Crippen LogP contribution in [0.1, 0.15) is 66.2 Å². The van der Waals surface area contributed by atoms with E-state index in [9.17, 15) is 0 Å². The Hall–Kier alpha value is -3.12. The normalized spacial score (nSPS) is 24.7. The highest BCUT2D eigenvalue weighted by atomic mass is 14.5. The van der Waals surface area contributed by atoms with Gasteiger partial charge >= 0.3 is 0 Å². The second kappa shape index (κ2) is 8.79. The van der Waals surface area contributed by atoms with E-state index < -0.39 is 0 Å². The van der Waals surface area contributed by atoms with Gasteiger partial charge in [0, 0.05) is 0 Å². The van der Waals surface area contributed by atoms with Gasteiger partial charge in [-0.1, -0.05) is 135 Å². The van der Waals surface area contributed by atoms with Crippen LogP contribution in [0.25, 0.3) is 0 Å². The topological polar surface area (TPSA) is 0 Å². The molecule has 4 aromatic rings. The van der Waals surface area contributed by atoms with Crippen LogP contribution in [0.15, 0.2) is 121 Å². The van der Waals surface area contributed by atoms with Crippen molar-refractivity contribution in [2.75, 3.05) is 0 Å². The zero-order chi connectivity index (χ0) is 22.0. The number of hydrogen-bond acceptors (Lipinski definition) is 0. The Bertz CT molecular complexity index is 1110. The first-order valence-corrected chi connectivity index (χ1v) is 11.8. The Morgan fingerprint density at radius 1 is 0.469 bits per heavy atom. The molecule has 0 amide bonds. The molecule has 1 saturated carbocycles. The van der Waals surface area contributed by atoms with Crippen molar-refractivity contribution in [1.82, 2.24) is 0 Å². The summed E-state index contributed by atoms with van der Waals surface area (Å²) in [6, 6.07) is 44.9. The van der Waals surface area contributed by atoms with Crippen molar-refractivity contribution in [2.24, 2.45) is 5.41 Å². The Morgan fingerprint density at radius 3 is 1.31 bits per heavy atom. The van der Waals surface area contributed by atoms with Gasteiger partial charge in [-0.2, -0.15) is 0 Å². The molecular weight excluding hydrogens is 384 g/mol. The third-order valence-electron chi connectivity index (χ3n) is 7.52. The van der Waals surface area contributed by atoms with Crippen molar-refractivity contribution in [2.45, 2.75) is 43.9 Å². The van der Waals surface area contributed by atoms with Gasteiger partial charge in [0.1, 0.15) is 0 Å². The zero-order valence-electron chi connectivity index (χ0n) is 19.1. The molecule has 5 rings (SSSR count). The van der Waals surface area contributed by atoms with Crippen molar-refractivity contribution in [1.29, 1.82) is 0 Å². The van der Waals surface area contributed by atoms with E-state index in [-0.39, 0.29) is 5.41 Å². The summed E-state index contributed by atoms with van der Waals surface area (Å²) in [5.41, 5.74) is 5.98. The van der Waals surface area contributed by atoms with E-state index in [2.05, 4.69) is 135 Å². The molecule has 32 heavy (non-hydrogen) atoms. The highest BCUT2D eigenvalue weighted by Crippen LogP contribution is 2.63. The molecule has 0 aromatic heterocycles. The van der Waals surface area contributed by atoms with E-state index in [0.717, 1.165) is 0 Å². The largest absolute Gasteiger partial charge is 0.0622 e. The Labute approximate surface area is 193 Å². The van der Waals surface area contributed by atoms with Gasteiger partial charge in [-0.3, -0.25) is 0 Å². The van der Waals surface area contributed by atoms with Crippen LogP contribution in [-0.4, -0.2) is 0 Å². The minimum Gasteiger partial charge on any atom is -0.0622 e. The standard InChI is InChI=1S/C32H32/c1-32(2)23-28(24-15-7-3-8-16-24)29(25-17-9-4-10-18-25)30(26-19-11-5-12-20-26)31(32)27-21-13-6-14-22-27/h3-22,28-31H,23H2,1-2H3/t28-,29+,30+,31-/m1/s1. The summed E-state index contributed by atoms with van der Waals surface area (Å²) >= 11 is 0. The van der Waals surface area contributed by atoms with E-state index in [1.54, 1.807) is 0 Å². The molecule has 0 unspecified atom stereocenters. The van der Waals surface area contributed by atoms with Crippen LogP contribution in [0.5, 0.6) is 0 Å². The van der Waals surface area contributed by atoms with Gasteiger partial charge in [-0.05, 0) is 57.8 Å². The van der Waals surface area contributed by atoms with Gasteiger partial charge < -0.3 is 0 Å².